The highest BCUT2D eigenvalue weighted by Crippen LogP contribution is 2.32. The lowest BCUT2D eigenvalue weighted by molar-refractivity contribution is 0.0365. The second kappa shape index (κ2) is 9.21. The van der Waals surface area contributed by atoms with Crippen molar-refractivity contribution in [2.75, 3.05) is 44.3 Å². The van der Waals surface area contributed by atoms with Crippen LogP contribution in [0.2, 0.25) is 5.02 Å². The van der Waals surface area contributed by atoms with E-state index in [4.69, 9.17) is 26.3 Å². The molecule has 0 saturated carbocycles. The van der Waals surface area contributed by atoms with E-state index < -0.39 is 0 Å². The predicted molar refractivity (Wildman–Crippen MR) is 121 cm³/mol. The standard InChI is InChI=1S/C24H31ClN4O/c25-19-6-3-5-18(17-19)23-26-22-8-2-1-7-21(22)24(27-23)29-12-4-11-28(13-14-29)20-9-15-30-16-10-20/h3,5-6,17,20H,1-2,4,7-16H2. The molecule has 2 aromatic rings. The summed E-state index contributed by atoms with van der Waals surface area (Å²) >= 11 is 6.26. The Morgan fingerprint density at radius 3 is 2.67 bits per heavy atom. The number of aromatic nitrogens is 2. The van der Waals surface area contributed by atoms with Crippen molar-refractivity contribution in [3.8, 4) is 11.4 Å². The van der Waals surface area contributed by atoms with Gasteiger partial charge in [0, 0.05) is 67.3 Å². The number of fused-ring (bicyclic) bond motifs is 1. The van der Waals surface area contributed by atoms with Crippen LogP contribution in [0.5, 0.6) is 0 Å². The molecule has 0 spiro atoms. The molecule has 1 aromatic heterocycles. The number of ether oxygens (including phenoxy) is 1. The molecule has 2 fully saturated rings. The normalized spacial score (nSPS) is 21.3. The summed E-state index contributed by atoms with van der Waals surface area (Å²) in [5, 5.41) is 0.734. The average molecular weight is 427 g/mol. The molecule has 0 atom stereocenters. The minimum absolute atomic E-state index is 0.681. The second-order valence-corrected chi connectivity index (χ2v) is 9.17. The molecule has 5 nitrogen and oxygen atoms in total. The number of nitrogens with zero attached hydrogens (tertiary/aromatic N) is 4. The monoisotopic (exact) mass is 426 g/mol. The first-order chi connectivity index (χ1) is 14.8. The minimum Gasteiger partial charge on any atom is -0.381 e. The molecule has 30 heavy (non-hydrogen) atoms. The third-order valence-corrected chi connectivity index (χ3v) is 7.02. The summed E-state index contributed by atoms with van der Waals surface area (Å²) in [6.07, 6.45) is 8.13. The number of anilines is 1. The van der Waals surface area contributed by atoms with Crippen LogP contribution >= 0.6 is 11.6 Å². The van der Waals surface area contributed by atoms with Crippen LogP contribution in [0.4, 0.5) is 5.82 Å². The average Bonchev–Trinajstić information content (AvgIpc) is 3.05. The zero-order valence-corrected chi connectivity index (χ0v) is 18.4. The summed E-state index contributed by atoms with van der Waals surface area (Å²) in [6, 6.07) is 8.61. The van der Waals surface area contributed by atoms with E-state index in [1.165, 1.54) is 55.7 Å². The summed E-state index contributed by atoms with van der Waals surface area (Å²) in [6.45, 7) is 6.21. The molecule has 160 valence electrons. The Morgan fingerprint density at radius 1 is 0.933 bits per heavy atom. The van der Waals surface area contributed by atoms with E-state index in [1.807, 2.05) is 18.2 Å². The van der Waals surface area contributed by atoms with Crippen molar-refractivity contribution in [2.24, 2.45) is 0 Å². The van der Waals surface area contributed by atoms with Crippen molar-refractivity contribution in [3.63, 3.8) is 0 Å². The van der Waals surface area contributed by atoms with Crippen molar-refractivity contribution in [2.45, 2.75) is 51.0 Å². The SMILES string of the molecule is Clc1cccc(-c2nc3c(c(N4CCCN(C5CCOCC5)CC4)n2)CCCC3)c1. The maximum Gasteiger partial charge on any atom is 0.161 e. The third-order valence-electron chi connectivity index (χ3n) is 6.78. The van der Waals surface area contributed by atoms with E-state index in [-0.39, 0.29) is 0 Å². The van der Waals surface area contributed by atoms with Crippen LogP contribution < -0.4 is 4.90 Å². The Labute approximate surface area is 184 Å². The van der Waals surface area contributed by atoms with Crippen LogP contribution in [0.15, 0.2) is 24.3 Å². The van der Waals surface area contributed by atoms with Crippen molar-refractivity contribution in [1.82, 2.24) is 14.9 Å². The van der Waals surface area contributed by atoms with Crippen LogP contribution in [-0.2, 0) is 17.6 Å². The first-order valence-electron chi connectivity index (χ1n) is 11.5. The molecule has 2 saturated heterocycles. The summed E-state index contributed by atoms with van der Waals surface area (Å²) in [5.41, 5.74) is 3.63. The topological polar surface area (TPSA) is 41.5 Å². The van der Waals surface area contributed by atoms with E-state index in [1.54, 1.807) is 0 Å². The highest BCUT2D eigenvalue weighted by molar-refractivity contribution is 6.30. The number of halogens is 1. The predicted octanol–water partition coefficient (Wildman–Crippen LogP) is 4.37. The Balaban J connectivity index is 1.43. The first kappa shape index (κ1) is 20.2. The first-order valence-corrected chi connectivity index (χ1v) is 11.9. The van der Waals surface area contributed by atoms with Gasteiger partial charge in [0.25, 0.3) is 0 Å². The summed E-state index contributed by atoms with van der Waals surface area (Å²) in [7, 11) is 0. The highest BCUT2D eigenvalue weighted by atomic mass is 35.5. The van der Waals surface area contributed by atoms with E-state index in [2.05, 4.69) is 15.9 Å². The van der Waals surface area contributed by atoms with E-state index >= 15 is 0 Å². The zero-order chi connectivity index (χ0) is 20.3. The fourth-order valence-electron chi connectivity index (χ4n) is 5.16. The molecule has 6 heteroatoms. The lowest BCUT2D eigenvalue weighted by atomic mass is 9.95. The van der Waals surface area contributed by atoms with Crippen molar-refractivity contribution < 1.29 is 4.74 Å². The maximum absolute atomic E-state index is 6.26. The molecule has 0 radical (unpaired) electrons. The van der Waals surface area contributed by atoms with Gasteiger partial charge in [0.05, 0.1) is 0 Å². The number of aryl methyl sites for hydroxylation is 1. The van der Waals surface area contributed by atoms with Gasteiger partial charge in [0.2, 0.25) is 0 Å². The molecule has 1 aromatic carbocycles. The number of hydrogen-bond donors (Lipinski definition) is 0. The smallest absolute Gasteiger partial charge is 0.161 e. The fourth-order valence-corrected chi connectivity index (χ4v) is 5.35. The van der Waals surface area contributed by atoms with Crippen molar-refractivity contribution in [3.05, 3.63) is 40.5 Å². The number of rotatable bonds is 3. The Kier molecular flexibility index (Phi) is 6.21. The lowest BCUT2D eigenvalue weighted by Crippen LogP contribution is -2.41. The minimum atomic E-state index is 0.681. The Bertz CT molecular complexity index is 884. The van der Waals surface area contributed by atoms with Gasteiger partial charge in [-0.15, -0.1) is 0 Å². The molecule has 5 rings (SSSR count). The van der Waals surface area contributed by atoms with Crippen LogP contribution in [0.25, 0.3) is 11.4 Å². The second-order valence-electron chi connectivity index (χ2n) is 8.73. The van der Waals surface area contributed by atoms with Gasteiger partial charge >= 0.3 is 0 Å². The highest BCUT2D eigenvalue weighted by Gasteiger charge is 2.27. The molecular formula is C24H31ClN4O. The Hall–Kier alpha value is -1.69. The van der Waals surface area contributed by atoms with Gasteiger partial charge in [-0.2, -0.15) is 0 Å². The molecule has 0 unspecified atom stereocenters. The Morgan fingerprint density at radius 2 is 1.80 bits per heavy atom. The van der Waals surface area contributed by atoms with Crippen LogP contribution in [0.3, 0.4) is 0 Å². The van der Waals surface area contributed by atoms with E-state index in [9.17, 15) is 0 Å². The molecule has 0 bridgehead atoms. The van der Waals surface area contributed by atoms with Gasteiger partial charge in [-0.05, 0) is 57.1 Å². The van der Waals surface area contributed by atoms with Crippen LogP contribution in [0.1, 0.15) is 43.4 Å². The van der Waals surface area contributed by atoms with Gasteiger partial charge in [-0.3, -0.25) is 4.90 Å². The van der Waals surface area contributed by atoms with Crippen LogP contribution in [-0.4, -0.2) is 60.3 Å². The van der Waals surface area contributed by atoms with Gasteiger partial charge in [-0.25, -0.2) is 9.97 Å². The van der Waals surface area contributed by atoms with E-state index in [0.717, 1.165) is 62.1 Å². The number of hydrogen-bond acceptors (Lipinski definition) is 5. The van der Waals surface area contributed by atoms with E-state index in [0.29, 0.717) is 6.04 Å². The van der Waals surface area contributed by atoms with Gasteiger partial charge in [0.1, 0.15) is 5.82 Å². The molecule has 0 amide bonds. The molecule has 1 aliphatic carbocycles. The third kappa shape index (κ3) is 4.34. The lowest BCUT2D eigenvalue weighted by Gasteiger charge is -2.33. The largest absolute Gasteiger partial charge is 0.381 e. The summed E-state index contributed by atoms with van der Waals surface area (Å²) in [4.78, 5) is 15.3. The van der Waals surface area contributed by atoms with Gasteiger partial charge in [-0.1, -0.05) is 23.7 Å². The molecule has 3 heterocycles. The van der Waals surface area contributed by atoms with Gasteiger partial charge in [0.15, 0.2) is 5.82 Å². The number of benzene rings is 1. The molecular weight excluding hydrogens is 396 g/mol. The summed E-state index contributed by atoms with van der Waals surface area (Å²) in [5.74, 6) is 1.99. The molecule has 3 aliphatic rings. The van der Waals surface area contributed by atoms with Crippen molar-refractivity contribution in [1.29, 1.82) is 0 Å². The summed E-state index contributed by atoms with van der Waals surface area (Å²) < 4.78 is 5.57. The van der Waals surface area contributed by atoms with Crippen molar-refractivity contribution >= 4 is 17.4 Å². The van der Waals surface area contributed by atoms with Gasteiger partial charge < -0.3 is 9.64 Å². The molecule has 0 N–H and O–H groups in total. The quantitative estimate of drug-likeness (QED) is 0.729. The zero-order valence-electron chi connectivity index (χ0n) is 17.7. The maximum atomic E-state index is 6.26. The molecule has 2 aliphatic heterocycles. The van der Waals surface area contributed by atoms with Crippen LogP contribution in [0, 0.1) is 0 Å². The fraction of sp³-hybridized carbons (Fsp3) is 0.583.